The quantitative estimate of drug-likeness (QED) is 0.171. The monoisotopic (exact) mass is 786 g/mol. The summed E-state index contributed by atoms with van der Waals surface area (Å²) in [7, 11) is 0. The zero-order valence-electron chi connectivity index (χ0n) is 28.4. The normalized spacial score (nSPS) is 21.2. The third kappa shape index (κ3) is 4.75. The van der Waals surface area contributed by atoms with Crippen molar-refractivity contribution >= 4 is 17.6 Å². The summed E-state index contributed by atoms with van der Waals surface area (Å²) >= 11 is -4.01. The van der Waals surface area contributed by atoms with Gasteiger partial charge in [-0.15, -0.1) is 0 Å². The van der Waals surface area contributed by atoms with Crippen LogP contribution in [0.1, 0.15) is 92.1 Å². The maximum absolute atomic E-state index is 4.01. The Kier molecular flexibility index (Phi) is 7.92. The average molecular weight is 785 g/mol. The van der Waals surface area contributed by atoms with E-state index in [9.17, 15) is 0 Å². The van der Waals surface area contributed by atoms with Gasteiger partial charge in [-0.3, -0.25) is 0 Å². The van der Waals surface area contributed by atoms with Gasteiger partial charge in [0.05, 0.1) is 0 Å². The molecule has 2 unspecified atom stereocenters. The second-order valence-corrected chi connectivity index (χ2v) is 60.8. The Morgan fingerprint density at radius 1 is 0.500 bits per heavy atom. The van der Waals surface area contributed by atoms with E-state index in [0.29, 0.717) is 7.35 Å². The summed E-state index contributed by atoms with van der Waals surface area (Å²) < 4.78 is 7.26. The first kappa shape index (κ1) is 30.8. The van der Waals surface area contributed by atoms with Gasteiger partial charge in [-0.25, -0.2) is 0 Å². The molecule has 0 saturated heterocycles. The van der Waals surface area contributed by atoms with Crippen LogP contribution >= 0.6 is 0 Å². The molecule has 0 N–H and O–H groups in total. The molecule has 4 aromatic carbocycles. The van der Waals surface area contributed by atoms with Crippen molar-refractivity contribution < 1.29 is 17.1 Å². The van der Waals surface area contributed by atoms with Gasteiger partial charge in [0.25, 0.3) is 0 Å². The van der Waals surface area contributed by atoms with Crippen molar-refractivity contribution in [2.24, 2.45) is 0 Å². The summed E-state index contributed by atoms with van der Waals surface area (Å²) in [4.78, 5) is 0. The Hall–Kier alpha value is -2.55. The van der Waals surface area contributed by atoms with Crippen LogP contribution in [0.2, 0.25) is 20.4 Å². The van der Waals surface area contributed by atoms with Gasteiger partial charge in [0.15, 0.2) is 0 Å². The van der Waals surface area contributed by atoms with Gasteiger partial charge in [0.2, 0.25) is 0 Å². The number of fused-ring (bicyclic) bond motifs is 2. The number of hydrogen-bond donors (Lipinski definition) is 0. The summed E-state index contributed by atoms with van der Waals surface area (Å²) in [6.45, 7) is 4.56. The molecule has 8 rings (SSSR count). The van der Waals surface area contributed by atoms with Gasteiger partial charge in [-0.1, -0.05) is 0 Å². The molecule has 0 heterocycles. The van der Waals surface area contributed by atoms with Crippen LogP contribution in [0.25, 0.3) is 34.4 Å². The summed E-state index contributed by atoms with van der Waals surface area (Å²) in [6.07, 6.45) is 22.5. The summed E-state index contributed by atoms with van der Waals surface area (Å²) in [5.74, 6) is 0. The zero-order chi connectivity index (χ0) is 31.5. The van der Waals surface area contributed by atoms with Crippen molar-refractivity contribution in [2.45, 2.75) is 93.0 Å². The van der Waals surface area contributed by atoms with Crippen LogP contribution in [0.3, 0.4) is 0 Å². The van der Waals surface area contributed by atoms with Crippen molar-refractivity contribution in [3.05, 3.63) is 130 Å². The average Bonchev–Trinajstić information content (AvgIpc) is 3.89. The van der Waals surface area contributed by atoms with E-state index in [1.807, 2.05) is 0 Å². The molecule has 0 aliphatic heterocycles. The minimum absolute atomic E-state index is 0.605. The Morgan fingerprint density at radius 3 is 1.30 bits per heavy atom. The molecule has 0 bridgehead atoms. The van der Waals surface area contributed by atoms with E-state index in [2.05, 4.69) is 132 Å². The first-order chi connectivity index (χ1) is 22.4. The summed E-state index contributed by atoms with van der Waals surface area (Å²) in [5.41, 5.74) is 16.1. The molecule has 0 spiro atoms. The van der Waals surface area contributed by atoms with E-state index in [4.69, 9.17) is 0 Å². The predicted molar refractivity (Wildman–Crippen MR) is 199 cm³/mol. The zero-order valence-corrected chi connectivity index (χ0v) is 33.0. The van der Waals surface area contributed by atoms with E-state index in [0.717, 1.165) is 11.1 Å². The third-order valence-electron chi connectivity index (χ3n) is 13.1. The first-order valence-electron chi connectivity index (χ1n) is 18.2. The number of aryl methyl sites for hydroxylation is 2. The van der Waals surface area contributed by atoms with E-state index in [1.54, 1.807) is 11.1 Å². The van der Waals surface area contributed by atoms with Gasteiger partial charge < -0.3 is 0 Å². The molecule has 2 saturated carbocycles. The molecular formula is C44H50HfSi. The Labute approximate surface area is 278 Å². The van der Waals surface area contributed by atoms with Crippen molar-refractivity contribution in [1.82, 2.24) is 0 Å². The van der Waals surface area contributed by atoms with E-state index < -0.39 is 22.6 Å². The van der Waals surface area contributed by atoms with Crippen molar-refractivity contribution in [2.75, 3.05) is 0 Å². The minimum atomic E-state index is -4.01. The molecule has 2 heteroatoms. The third-order valence-corrected chi connectivity index (χ3v) is 68.8. The Morgan fingerprint density at radius 2 is 0.891 bits per heavy atom. The topological polar surface area (TPSA) is 0 Å². The summed E-state index contributed by atoms with van der Waals surface area (Å²) in [6, 6.07) is 32.7. The molecule has 0 radical (unpaired) electrons. The van der Waals surface area contributed by atoms with Crippen LogP contribution in [0.5, 0.6) is 0 Å². The SMILES string of the molecule is Cc1ccccc1-c1cccc2c1C=C[CH]2[Hf]([CH3])([CH3])([CH]1C=Cc2c(-c3ccccc3C)cccc21)=[Si](C1CCCC1)C1CCCC1. The molecule has 4 aliphatic carbocycles. The molecular weight excluding hydrogens is 735 g/mol. The second kappa shape index (κ2) is 11.8. The fourth-order valence-corrected chi connectivity index (χ4v) is 78.0. The van der Waals surface area contributed by atoms with Crippen molar-refractivity contribution in [3.63, 3.8) is 0 Å². The standard InChI is InChI=1S/2C16H13.C10H18Si.2CH3.Hf/c2*1-12-6-2-3-9-14(12)16-11-5-8-13-7-4-10-15(13)16;1-2-6-9(5-1)11-10-7-3-4-8-10;;;/h2*2-11H,1H3;9-10H,1-8H2;2*1H3;. The van der Waals surface area contributed by atoms with Gasteiger partial charge >= 0.3 is 280 Å². The molecule has 4 aliphatic rings. The maximum atomic E-state index is 3.03. The number of benzene rings is 4. The molecule has 0 aromatic heterocycles. The molecule has 0 amide bonds. The molecule has 2 fully saturated rings. The van der Waals surface area contributed by atoms with E-state index in [1.165, 1.54) is 95.9 Å². The van der Waals surface area contributed by atoms with Crippen molar-refractivity contribution in [3.8, 4) is 22.3 Å². The van der Waals surface area contributed by atoms with Crippen LogP contribution < -0.4 is 0 Å². The van der Waals surface area contributed by atoms with Gasteiger partial charge in [-0.2, -0.15) is 0 Å². The molecule has 2 atom stereocenters. The molecule has 46 heavy (non-hydrogen) atoms. The van der Waals surface area contributed by atoms with Gasteiger partial charge in [-0.05, 0) is 0 Å². The summed E-state index contributed by atoms with van der Waals surface area (Å²) in [5, 5.41) is 0. The van der Waals surface area contributed by atoms with Crippen LogP contribution in [-0.4, -0.2) is 5.49 Å². The number of hydrogen-bond acceptors (Lipinski definition) is 0. The fraction of sp³-hybridized carbons (Fsp3) is 0.364. The van der Waals surface area contributed by atoms with Gasteiger partial charge in [0, 0.05) is 0 Å². The Balaban J connectivity index is 1.40. The van der Waals surface area contributed by atoms with E-state index in [-0.39, 0.29) is 0 Å². The predicted octanol–water partition coefficient (Wildman–Crippen LogP) is 13.1. The van der Waals surface area contributed by atoms with Crippen LogP contribution in [0.15, 0.2) is 97.1 Å². The van der Waals surface area contributed by atoms with Crippen LogP contribution in [-0.2, 0) is 17.1 Å². The number of rotatable bonds is 6. The second-order valence-electron chi connectivity index (χ2n) is 15.9. The Bertz CT molecular complexity index is 1820. The molecule has 234 valence electrons. The molecule has 4 aromatic rings. The number of allylic oxidation sites excluding steroid dienone is 2. The molecule has 0 nitrogen and oxygen atoms in total. The van der Waals surface area contributed by atoms with Crippen LogP contribution in [0.4, 0.5) is 0 Å². The fourth-order valence-electron chi connectivity index (χ4n) is 11.1. The first-order valence-corrected chi connectivity index (χ1v) is 36.5. The van der Waals surface area contributed by atoms with E-state index >= 15 is 0 Å². The van der Waals surface area contributed by atoms with Crippen LogP contribution in [0, 0.1) is 13.8 Å². The van der Waals surface area contributed by atoms with Gasteiger partial charge in [0.1, 0.15) is 0 Å². The van der Waals surface area contributed by atoms with Crippen molar-refractivity contribution in [1.29, 1.82) is 0 Å².